The molecule has 2 aliphatic rings. The number of rotatable bonds is 4. The second kappa shape index (κ2) is 10.4. The first-order valence-corrected chi connectivity index (χ1v) is 14.4. The van der Waals surface area contributed by atoms with Gasteiger partial charge in [0.2, 0.25) is 5.91 Å². The molecule has 1 aromatic carbocycles. The fourth-order valence-electron chi connectivity index (χ4n) is 5.93. The van der Waals surface area contributed by atoms with Gasteiger partial charge in [0.1, 0.15) is 29.4 Å². The molecule has 12 nitrogen and oxygen atoms in total. The molecule has 2 amide bonds. The monoisotopic (exact) mass is 602 g/mol. The Hall–Kier alpha value is -4.81. The van der Waals surface area contributed by atoms with Gasteiger partial charge < -0.3 is 24.7 Å². The van der Waals surface area contributed by atoms with Crippen molar-refractivity contribution >= 4 is 28.9 Å². The third-order valence-corrected chi connectivity index (χ3v) is 7.84. The van der Waals surface area contributed by atoms with Crippen LogP contribution in [0, 0.1) is 12.7 Å². The maximum atomic E-state index is 15.5. The molecule has 0 spiro atoms. The van der Waals surface area contributed by atoms with Crippen LogP contribution in [0.25, 0.3) is 22.2 Å². The van der Waals surface area contributed by atoms with Gasteiger partial charge in [-0.15, -0.1) is 0 Å². The van der Waals surface area contributed by atoms with Crippen molar-refractivity contribution in [2.75, 3.05) is 18.8 Å². The standard InChI is InChI=1S/C31H35FN8O4/c1-17-9-11-34-28(37-17)43-22-8-7-18(13-19(22)32)23-21-14-38(27(41)20-10-12-39(20)29(42)44-30(2,3)4)15-31(5,6)40(21)26-24(23)25(33)35-16-36-26/h7-9,11,13,16,20H,10,12,14-15H2,1-6H3,(H2,33,35,36). The van der Waals surface area contributed by atoms with Crippen LogP contribution in [0.15, 0.2) is 36.8 Å². The highest BCUT2D eigenvalue weighted by molar-refractivity contribution is 6.03. The number of benzene rings is 1. The summed E-state index contributed by atoms with van der Waals surface area (Å²) < 4.78 is 28.8. The van der Waals surface area contributed by atoms with Gasteiger partial charge >= 0.3 is 12.1 Å². The average Bonchev–Trinajstić information content (AvgIpc) is 3.24. The number of amides is 2. The van der Waals surface area contributed by atoms with Crippen LogP contribution in [0.3, 0.4) is 0 Å². The highest BCUT2D eigenvalue weighted by Crippen LogP contribution is 2.44. The maximum absolute atomic E-state index is 15.5. The van der Waals surface area contributed by atoms with Gasteiger partial charge in [0.05, 0.1) is 17.5 Å². The lowest BCUT2D eigenvalue weighted by Crippen LogP contribution is -2.61. The van der Waals surface area contributed by atoms with E-state index in [0.717, 1.165) is 5.69 Å². The lowest BCUT2D eigenvalue weighted by Gasteiger charge is -2.46. The number of halogens is 1. The minimum Gasteiger partial charge on any atom is -0.444 e. The van der Waals surface area contributed by atoms with E-state index < -0.39 is 29.1 Å². The Morgan fingerprint density at radius 2 is 1.91 bits per heavy atom. The van der Waals surface area contributed by atoms with Gasteiger partial charge in [-0.3, -0.25) is 9.69 Å². The van der Waals surface area contributed by atoms with Crippen LogP contribution in [0.5, 0.6) is 11.8 Å². The van der Waals surface area contributed by atoms with Crippen molar-refractivity contribution in [3.63, 3.8) is 0 Å². The minimum atomic E-state index is -0.673. The molecule has 5 heterocycles. The molecule has 1 fully saturated rings. The Labute approximate surface area is 254 Å². The van der Waals surface area contributed by atoms with E-state index in [1.54, 1.807) is 44.7 Å². The summed E-state index contributed by atoms with van der Waals surface area (Å²) in [6.45, 7) is 12.2. The molecule has 0 saturated carbocycles. The van der Waals surface area contributed by atoms with E-state index in [4.69, 9.17) is 15.2 Å². The third kappa shape index (κ3) is 5.16. The number of carbonyl (C=O) groups is 2. The SMILES string of the molecule is Cc1ccnc(Oc2ccc(-c3c4n(c5ncnc(N)c35)C(C)(C)CN(C(=O)C3CCN3C(=O)OC(C)(C)C)C4)cc2F)n1. The van der Waals surface area contributed by atoms with Crippen molar-refractivity contribution in [3.05, 3.63) is 54.0 Å². The van der Waals surface area contributed by atoms with Gasteiger partial charge in [0, 0.05) is 36.2 Å². The Morgan fingerprint density at radius 1 is 1.14 bits per heavy atom. The fraction of sp³-hybridized carbons (Fsp3) is 0.419. The van der Waals surface area contributed by atoms with Gasteiger partial charge in [-0.2, -0.15) is 0 Å². The molecule has 1 unspecified atom stereocenters. The number of likely N-dealkylation sites (tertiary alicyclic amines) is 1. The maximum Gasteiger partial charge on any atom is 0.410 e. The summed E-state index contributed by atoms with van der Waals surface area (Å²) in [4.78, 5) is 47.0. The predicted molar refractivity (Wildman–Crippen MR) is 160 cm³/mol. The zero-order chi connectivity index (χ0) is 31.6. The molecule has 0 bridgehead atoms. The van der Waals surface area contributed by atoms with Gasteiger partial charge in [-0.25, -0.2) is 29.1 Å². The molecular formula is C31H35FN8O4. The predicted octanol–water partition coefficient (Wildman–Crippen LogP) is 4.80. The third-order valence-electron chi connectivity index (χ3n) is 7.84. The summed E-state index contributed by atoms with van der Waals surface area (Å²) in [7, 11) is 0. The number of aromatic nitrogens is 5. The molecule has 2 aliphatic heterocycles. The van der Waals surface area contributed by atoms with E-state index in [2.05, 4.69) is 24.5 Å². The largest absolute Gasteiger partial charge is 0.444 e. The molecule has 230 valence electrons. The van der Waals surface area contributed by atoms with Crippen molar-refractivity contribution in [1.29, 1.82) is 0 Å². The number of fused-ring (bicyclic) bond motifs is 3. The molecule has 1 saturated heterocycles. The summed E-state index contributed by atoms with van der Waals surface area (Å²) in [5.41, 5.74) is 8.27. The Kier molecular flexibility index (Phi) is 6.93. The van der Waals surface area contributed by atoms with E-state index in [1.165, 1.54) is 29.6 Å². The number of hydrogen-bond acceptors (Lipinski definition) is 9. The molecule has 44 heavy (non-hydrogen) atoms. The summed E-state index contributed by atoms with van der Waals surface area (Å²) >= 11 is 0. The van der Waals surface area contributed by atoms with Crippen molar-refractivity contribution < 1.29 is 23.5 Å². The van der Waals surface area contributed by atoms with E-state index in [1.807, 2.05) is 13.8 Å². The first-order valence-electron chi connectivity index (χ1n) is 14.4. The molecule has 0 aliphatic carbocycles. The Morgan fingerprint density at radius 3 is 2.57 bits per heavy atom. The molecule has 6 rings (SSSR count). The van der Waals surface area contributed by atoms with Gasteiger partial charge in [0.15, 0.2) is 11.6 Å². The topological polar surface area (TPSA) is 142 Å². The van der Waals surface area contributed by atoms with Gasteiger partial charge in [-0.05, 0) is 71.7 Å². The highest BCUT2D eigenvalue weighted by Gasteiger charge is 2.45. The van der Waals surface area contributed by atoms with Gasteiger partial charge in [0.25, 0.3) is 0 Å². The van der Waals surface area contributed by atoms with Crippen LogP contribution in [0.1, 0.15) is 52.4 Å². The lowest BCUT2D eigenvalue weighted by atomic mass is 9.95. The van der Waals surface area contributed by atoms with Crippen LogP contribution in [0.2, 0.25) is 0 Å². The summed E-state index contributed by atoms with van der Waals surface area (Å²) in [5.74, 6) is -0.596. The van der Waals surface area contributed by atoms with Crippen LogP contribution >= 0.6 is 0 Å². The zero-order valence-electron chi connectivity index (χ0n) is 25.6. The number of nitrogens with two attached hydrogens (primary N) is 1. The van der Waals surface area contributed by atoms with Crippen molar-refractivity contribution in [1.82, 2.24) is 34.3 Å². The first kappa shape index (κ1) is 29.3. The average molecular weight is 603 g/mol. The Bertz CT molecular complexity index is 1800. The van der Waals surface area contributed by atoms with E-state index in [-0.39, 0.29) is 30.0 Å². The second-order valence-electron chi connectivity index (χ2n) is 12.8. The molecule has 1 atom stereocenters. The molecule has 4 aromatic rings. The quantitative estimate of drug-likeness (QED) is 0.349. The normalized spacial score (nSPS) is 17.7. The number of nitrogen functional groups attached to an aromatic ring is 1. The molecule has 0 radical (unpaired) electrons. The van der Waals surface area contributed by atoms with Gasteiger partial charge in [-0.1, -0.05) is 6.07 Å². The molecular weight excluding hydrogens is 567 g/mol. The molecule has 2 N–H and O–H groups in total. The van der Waals surface area contributed by atoms with Crippen LogP contribution in [0.4, 0.5) is 15.0 Å². The van der Waals surface area contributed by atoms with E-state index in [9.17, 15) is 9.59 Å². The number of ether oxygens (including phenoxy) is 2. The smallest absolute Gasteiger partial charge is 0.410 e. The number of carbonyl (C=O) groups excluding carboxylic acids is 2. The number of anilines is 1. The van der Waals surface area contributed by atoms with Crippen molar-refractivity contribution in [2.24, 2.45) is 0 Å². The summed E-state index contributed by atoms with van der Waals surface area (Å²) in [6.07, 6.45) is 2.97. The fourth-order valence-corrected chi connectivity index (χ4v) is 5.93. The summed E-state index contributed by atoms with van der Waals surface area (Å²) in [5, 5.41) is 0.569. The number of aryl methyl sites for hydroxylation is 1. The minimum absolute atomic E-state index is 0.0355. The second-order valence-corrected chi connectivity index (χ2v) is 12.8. The molecule has 3 aromatic heterocycles. The first-order chi connectivity index (χ1) is 20.7. The summed E-state index contributed by atoms with van der Waals surface area (Å²) in [6, 6.07) is 5.72. The van der Waals surface area contributed by atoms with Crippen LogP contribution < -0.4 is 10.5 Å². The highest BCUT2D eigenvalue weighted by atomic mass is 19.1. The molecule has 13 heteroatoms. The zero-order valence-corrected chi connectivity index (χ0v) is 25.6. The van der Waals surface area contributed by atoms with Crippen molar-refractivity contribution in [2.45, 2.75) is 71.7 Å². The number of hydrogen-bond donors (Lipinski definition) is 1. The van der Waals surface area contributed by atoms with E-state index >= 15 is 4.39 Å². The van der Waals surface area contributed by atoms with Crippen LogP contribution in [-0.4, -0.2) is 71.0 Å². The Balaban J connectivity index is 1.39. The number of nitrogens with zero attached hydrogens (tertiary/aromatic N) is 7. The lowest BCUT2D eigenvalue weighted by molar-refractivity contribution is -0.144. The van der Waals surface area contributed by atoms with Crippen molar-refractivity contribution in [3.8, 4) is 22.9 Å². The van der Waals surface area contributed by atoms with Crippen LogP contribution in [-0.2, 0) is 21.6 Å². The van der Waals surface area contributed by atoms with E-state index in [0.29, 0.717) is 47.4 Å².